The minimum Gasteiger partial charge on any atom is -0.465 e. The Balaban J connectivity index is 2.06. The molecule has 4 nitrogen and oxygen atoms in total. The number of carbonyl (C=O) groups is 2. The average molecular weight is 362 g/mol. The lowest BCUT2D eigenvalue weighted by molar-refractivity contribution is 0.0600. The molecule has 0 aliphatic carbocycles. The number of benzene rings is 2. The van der Waals surface area contributed by atoms with Crippen LogP contribution >= 0.6 is 15.9 Å². The normalized spacial score (nSPS) is 10.1. The summed E-state index contributed by atoms with van der Waals surface area (Å²) in [5.74, 6) is -0.427. The molecule has 0 saturated carbocycles. The summed E-state index contributed by atoms with van der Waals surface area (Å²) in [6, 6.07) is 14.3. The van der Waals surface area contributed by atoms with Crippen molar-refractivity contribution in [2.75, 3.05) is 14.2 Å². The van der Waals surface area contributed by atoms with E-state index in [-0.39, 0.29) is 11.9 Å². The van der Waals surface area contributed by atoms with Crippen LogP contribution in [0.1, 0.15) is 26.3 Å². The number of esters is 1. The van der Waals surface area contributed by atoms with Crippen LogP contribution in [0.3, 0.4) is 0 Å². The highest BCUT2D eigenvalue weighted by molar-refractivity contribution is 9.10. The molecule has 1 amide bonds. The fourth-order valence-corrected chi connectivity index (χ4v) is 2.45. The molecule has 0 heterocycles. The molecule has 0 fully saturated rings. The monoisotopic (exact) mass is 361 g/mol. The van der Waals surface area contributed by atoms with Gasteiger partial charge in [-0.1, -0.05) is 34.1 Å². The van der Waals surface area contributed by atoms with Crippen molar-refractivity contribution in [1.82, 2.24) is 4.90 Å². The van der Waals surface area contributed by atoms with E-state index in [4.69, 9.17) is 0 Å². The second-order valence-electron chi connectivity index (χ2n) is 4.86. The summed E-state index contributed by atoms with van der Waals surface area (Å²) in [4.78, 5) is 25.4. The Kier molecular flexibility index (Phi) is 5.33. The van der Waals surface area contributed by atoms with E-state index in [1.54, 1.807) is 36.2 Å². The number of hydrogen-bond donors (Lipinski definition) is 0. The number of halogens is 1. The van der Waals surface area contributed by atoms with E-state index in [0.717, 1.165) is 10.0 Å². The van der Waals surface area contributed by atoms with Gasteiger partial charge in [0.05, 0.1) is 12.7 Å². The van der Waals surface area contributed by atoms with Gasteiger partial charge in [-0.3, -0.25) is 4.79 Å². The van der Waals surface area contributed by atoms with Gasteiger partial charge < -0.3 is 9.64 Å². The van der Waals surface area contributed by atoms with Crippen LogP contribution in [0.4, 0.5) is 0 Å². The predicted molar refractivity (Wildman–Crippen MR) is 87.7 cm³/mol. The molecule has 0 radical (unpaired) electrons. The summed E-state index contributed by atoms with van der Waals surface area (Å²) in [6.45, 7) is 0.465. The zero-order valence-corrected chi connectivity index (χ0v) is 14.0. The standard InChI is InChI=1S/C17H16BrNO3/c1-19(16(20)14-4-3-5-15(18)10-14)11-12-6-8-13(9-7-12)17(21)22-2/h3-10H,11H2,1-2H3. The highest BCUT2D eigenvalue weighted by Crippen LogP contribution is 2.15. The number of amides is 1. The van der Waals surface area contributed by atoms with Crippen molar-refractivity contribution >= 4 is 27.8 Å². The van der Waals surface area contributed by atoms with Crippen LogP contribution in [0, 0.1) is 0 Å². The summed E-state index contributed by atoms with van der Waals surface area (Å²) >= 11 is 3.36. The summed E-state index contributed by atoms with van der Waals surface area (Å²) in [5.41, 5.74) is 2.06. The van der Waals surface area contributed by atoms with E-state index in [2.05, 4.69) is 20.7 Å². The number of ether oxygens (including phenoxy) is 1. The van der Waals surface area contributed by atoms with Crippen molar-refractivity contribution in [1.29, 1.82) is 0 Å². The lowest BCUT2D eigenvalue weighted by atomic mass is 10.1. The van der Waals surface area contributed by atoms with Crippen molar-refractivity contribution in [2.45, 2.75) is 6.54 Å². The first-order valence-corrected chi connectivity index (χ1v) is 7.49. The molecule has 2 aromatic rings. The summed E-state index contributed by atoms with van der Waals surface area (Å²) < 4.78 is 5.53. The zero-order chi connectivity index (χ0) is 16.1. The number of rotatable bonds is 4. The molecular formula is C17H16BrNO3. The van der Waals surface area contributed by atoms with E-state index in [1.807, 2.05) is 24.3 Å². The van der Waals surface area contributed by atoms with E-state index in [0.29, 0.717) is 17.7 Å². The maximum absolute atomic E-state index is 12.4. The molecule has 0 spiro atoms. The summed E-state index contributed by atoms with van der Waals surface area (Å²) in [6.07, 6.45) is 0. The van der Waals surface area contributed by atoms with Gasteiger partial charge in [-0.15, -0.1) is 0 Å². The molecule has 0 aliphatic heterocycles. The Labute approximate surface area is 137 Å². The Morgan fingerprint density at radius 1 is 1.09 bits per heavy atom. The van der Waals surface area contributed by atoms with Gasteiger partial charge in [0.2, 0.25) is 0 Å². The first-order chi connectivity index (χ1) is 10.5. The van der Waals surface area contributed by atoms with E-state index >= 15 is 0 Å². The van der Waals surface area contributed by atoms with Crippen molar-refractivity contribution in [3.63, 3.8) is 0 Å². The van der Waals surface area contributed by atoms with Crippen molar-refractivity contribution in [3.8, 4) is 0 Å². The van der Waals surface area contributed by atoms with Gasteiger partial charge in [0.15, 0.2) is 0 Å². The molecule has 114 valence electrons. The average Bonchev–Trinajstić information content (AvgIpc) is 2.54. The fourth-order valence-electron chi connectivity index (χ4n) is 2.05. The molecule has 22 heavy (non-hydrogen) atoms. The van der Waals surface area contributed by atoms with Gasteiger partial charge in [0, 0.05) is 23.6 Å². The minimum atomic E-state index is -0.370. The molecule has 0 unspecified atom stereocenters. The molecule has 0 atom stereocenters. The minimum absolute atomic E-state index is 0.0571. The smallest absolute Gasteiger partial charge is 0.337 e. The Bertz CT molecular complexity index is 683. The van der Waals surface area contributed by atoms with Crippen LogP contribution < -0.4 is 0 Å². The van der Waals surface area contributed by atoms with Crippen LogP contribution in [0.15, 0.2) is 53.0 Å². The third-order valence-electron chi connectivity index (χ3n) is 3.21. The molecule has 0 bridgehead atoms. The van der Waals surface area contributed by atoms with Gasteiger partial charge >= 0.3 is 5.97 Å². The van der Waals surface area contributed by atoms with Gasteiger partial charge in [-0.05, 0) is 35.9 Å². The first kappa shape index (κ1) is 16.2. The Morgan fingerprint density at radius 3 is 2.36 bits per heavy atom. The summed E-state index contributed by atoms with van der Waals surface area (Å²) in [7, 11) is 3.10. The first-order valence-electron chi connectivity index (χ1n) is 6.69. The SMILES string of the molecule is COC(=O)c1ccc(CN(C)C(=O)c2cccc(Br)c2)cc1. The lowest BCUT2D eigenvalue weighted by Gasteiger charge is -2.17. The van der Waals surface area contributed by atoms with E-state index < -0.39 is 0 Å². The van der Waals surface area contributed by atoms with Gasteiger partial charge in [0.1, 0.15) is 0 Å². The largest absolute Gasteiger partial charge is 0.465 e. The van der Waals surface area contributed by atoms with Crippen LogP contribution in [0.25, 0.3) is 0 Å². The quantitative estimate of drug-likeness (QED) is 0.782. The van der Waals surface area contributed by atoms with Crippen molar-refractivity contribution < 1.29 is 14.3 Å². The number of carbonyl (C=O) groups excluding carboxylic acids is 2. The third-order valence-corrected chi connectivity index (χ3v) is 3.71. The van der Waals surface area contributed by atoms with Crippen LogP contribution in [-0.4, -0.2) is 30.9 Å². The molecule has 0 N–H and O–H groups in total. The number of nitrogens with zero attached hydrogens (tertiary/aromatic N) is 1. The van der Waals surface area contributed by atoms with Crippen molar-refractivity contribution in [2.24, 2.45) is 0 Å². The molecule has 2 rings (SSSR count). The Hall–Kier alpha value is -2.14. The number of hydrogen-bond acceptors (Lipinski definition) is 3. The lowest BCUT2D eigenvalue weighted by Crippen LogP contribution is -2.26. The third kappa shape index (κ3) is 3.95. The number of methoxy groups -OCH3 is 1. The molecule has 0 aromatic heterocycles. The van der Waals surface area contributed by atoms with Gasteiger partial charge in [-0.2, -0.15) is 0 Å². The van der Waals surface area contributed by atoms with Gasteiger partial charge in [0.25, 0.3) is 5.91 Å². The topological polar surface area (TPSA) is 46.6 Å². The van der Waals surface area contributed by atoms with Crippen LogP contribution in [0.2, 0.25) is 0 Å². The van der Waals surface area contributed by atoms with Gasteiger partial charge in [-0.25, -0.2) is 4.79 Å². The maximum Gasteiger partial charge on any atom is 0.337 e. The fraction of sp³-hybridized carbons (Fsp3) is 0.176. The second kappa shape index (κ2) is 7.22. The van der Waals surface area contributed by atoms with Crippen LogP contribution in [0.5, 0.6) is 0 Å². The predicted octanol–water partition coefficient (Wildman–Crippen LogP) is 3.51. The van der Waals surface area contributed by atoms with Crippen LogP contribution in [-0.2, 0) is 11.3 Å². The highest BCUT2D eigenvalue weighted by atomic mass is 79.9. The summed E-state index contributed by atoms with van der Waals surface area (Å²) in [5, 5.41) is 0. The Morgan fingerprint density at radius 2 is 1.77 bits per heavy atom. The second-order valence-corrected chi connectivity index (χ2v) is 5.78. The molecule has 5 heteroatoms. The van der Waals surface area contributed by atoms with E-state index in [1.165, 1.54) is 7.11 Å². The maximum atomic E-state index is 12.4. The highest BCUT2D eigenvalue weighted by Gasteiger charge is 2.12. The molecule has 2 aromatic carbocycles. The molecule has 0 saturated heterocycles. The van der Waals surface area contributed by atoms with Crippen molar-refractivity contribution in [3.05, 3.63) is 69.7 Å². The van der Waals surface area contributed by atoms with E-state index in [9.17, 15) is 9.59 Å². The molecule has 0 aliphatic rings. The zero-order valence-electron chi connectivity index (χ0n) is 12.4. The molecular weight excluding hydrogens is 346 g/mol.